The van der Waals surface area contributed by atoms with Crippen LogP contribution < -0.4 is 0 Å². The minimum atomic E-state index is -0.273. The maximum absolute atomic E-state index is 12.8. The Kier molecular flexibility index (Phi) is 3.87. The topological polar surface area (TPSA) is 62.7 Å². The first-order chi connectivity index (χ1) is 10.5. The smallest absolute Gasteiger partial charge is 0.254 e. The predicted octanol–water partition coefficient (Wildman–Crippen LogP) is 0.628. The first-order valence-corrected chi connectivity index (χ1v) is 7.54. The second-order valence-corrected chi connectivity index (χ2v) is 6.19. The molecule has 0 radical (unpaired) electrons. The Balaban J connectivity index is 1.88. The van der Waals surface area contributed by atoms with Gasteiger partial charge in [0.05, 0.1) is 25.2 Å². The molecule has 6 heteroatoms. The lowest BCUT2D eigenvalue weighted by molar-refractivity contribution is -0.133. The third kappa shape index (κ3) is 2.70. The molecule has 0 aliphatic carbocycles. The number of carbonyl (C=O) groups is 2. The number of likely N-dealkylation sites (N-methyl/N-ethyl adjacent to an activating group) is 1. The van der Waals surface area contributed by atoms with Crippen LogP contribution >= 0.6 is 0 Å². The average Bonchev–Trinajstić information content (AvgIpc) is 2.63. The van der Waals surface area contributed by atoms with Gasteiger partial charge in [-0.15, -0.1) is 0 Å². The molecule has 1 aromatic heterocycles. The van der Waals surface area contributed by atoms with E-state index in [0.29, 0.717) is 31.9 Å². The fourth-order valence-electron chi connectivity index (χ4n) is 3.20. The number of aromatic nitrogens is 1. The summed E-state index contributed by atoms with van der Waals surface area (Å²) in [7, 11) is 1.80. The van der Waals surface area contributed by atoms with Gasteiger partial charge in [0.15, 0.2) is 0 Å². The fraction of sp³-hybridized carbons (Fsp3) is 0.562. The average molecular weight is 303 g/mol. The third-order valence-corrected chi connectivity index (χ3v) is 4.36. The number of amides is 2. The van der Waals surface area contributed by atoms with Gasteiger partial charge in [-0.1, -0.05) is 0 Å². The maximum Gasteiger partial charge on any atom is 0.254 e. The van der Waals surface area contributed by atoms with Gasteiger partial charge in [-0.3, -0.25) is 14.6 Å². The zero-order valence-electron chi connectivity index (χ0n) is 13.2. The Morgan fingerprint density at radius 3 is 2.59 bits per heavy atom. The molecule has 2 aliphatic heterocycles. The molecule has 0 saturated carbocycles. The summed E-state index contributed by atoms with van der Waals surface area (Å²) in [5.41, 5.74) is 2.30. The van der Waals surface area contributed by atoms with E-state index in [2.05, 4.69) is 4.98 Å². The molecule has 2 saturated heterocycles. The summed E-state index contributed by atoms with van der Waals surface area (Å²) in [6.07, 6.45) is 0. The SMILES string of the molecule is Cc1cc(C(=O)N2C[C@@H]3COC[C@H](C2)N(C)C3=O)cc(C)n1. The summed E-state index contributed by atoms with van der Waals surface area (Å²) in [5.74, 6) is -0.237. The number of aryl methyl sites for hydroxylation is 2. The molecule has 3 rings (SSSR count). The number of pyridine rings is 1. The first kappa shape index (κ1) is 15.0. The first-order valence-electron chi connectivity index (χ1n) is 7.54. The predicted molar refractivity (Wildman–Crippen MR) is 80.5 cm³/mol. The molecule has 3 heterocycles. The van der Waals surface area contributed by atoms with Crippen molar-refractivity contribution in [3.8, 4) is 0 Å². The summed E-state index contributed by atoms with van der Waals surface area (Å²) in [6, 6.07) is 3.53. The molecule has 0 aromatic carbocycles. The molecule has 118 valence electrons. The van der Waals surface area contributed by atoms with Crippen LogP contribution in [-0.2, 0) is 9.53 Å². The maximum atomic E-state index is 12.8. The van der Waals surface area contributed by atoms with Crippen molar-refractivity contribution >= 4 is 11.8 Å². The quantitative estimate of drug-likeness (QED) is 0.763. The zero-order valence-corrected chi connectivity index (χ0v) is 13.2. The Morgan fingerprint density at radius 1 is 1.23 bits per heavy atom. The summed E-state index contributed by atoms with van der Waals surface area (Å²) in [6.45, 7) is 5.56. The van der Waals surface area contributed by atoms with E-state index in [-0.39, 0.29) is 23.8 Å². The molecular formula is C16H21N3O3. The van der Waals surface area contributed by atoms with Crippen LogP contribution in [0.15, 0.2) is 12.1 Å². The van der Waals surface area contributed by atoms with E-state index >= 15 is 0 Å². The van der Waals surface area contributed by atoms with Gasteiger partial charge in [-0.25, -0.2) is 0 Å². The van der Waals surface area contributed by atoms with Crippen molar-refractivity contribution in [1.29, 1.82) is 0 Å². The van der Waals surface area contributed by atoms with Gasteiger partial charge in [0.1, 0.15) is 0 Å². The summed E-state index contributed by atoms with van der Waals surface area (Å²) >= 11 is 0. The van der Waals surface area contributed by atoms with E-state index < -0.39 is 0 Å². The highest BCUT2D eigenvalue weighted by molar-refractivity contribution is 5.95. The monoisotopic (exact) mass is 303 g/mol. The second kappa shape index (κ2) is 5.68. The van der Waals surface area contributed by atoms with Crippen LogP contribution in [0.4, 0.5) is 0 Å². The summed E-state index contributed by atoms with van der Waals surface area (Å²) in [5, 5.41) is 0. The van der Waals surface area contributed by atoms with E-state index in [1.807, 2.05) is 13.8 Å². The highest BCUT2D eigenvalue weighted by Gasteiger charge is 2.38. The van der Waals surface area contributed by atoms with Crippen molar-refractivity contribution in [2.24, 2.45) is 5.92 Å². The molecule has 6 nitrogen and oxygen atoms in total. The lowest BCUT2D eigenvalue weighted by atomic mass is 10.1. The molecule has 2 aliphatic rings. The van der Waals surface area contributed by atoms with E-state index in [9.17, 15) is 9.59 Å². The van der Waals surface area contributed by atoms with E-state index in [0.717, 1.165) is 11.4 Å². The normalized spacial score (nSPS) is 25.1. The number of ether oxygens (including phenoxy) is 1. The van der Waals surface area contributed by atoms with Gasteiger partial charge < -0.3 is 14.5 Å². The lowest BCUT2D eigenvalue weighted by Gasteiger charge is -2.29. The van der Waals surface area contributed by atoms with Crippen molar-refractivity contribution in [3.05, 3.63) is 29.1 Å². The van der Waals surface area contributed by atoms with Crippen molar-refractivity contribution < 1.29 is 14.3 Å². The van der Waals surface area contributed by atoms with Crippen molar-refractivity contribution in [2.75, 3.05) is 33.4 Å². The minimum absolute atomic E-state index is 0.0337. The number of rotatable bonds is 1. The van der Waals surface area contributed by atoms with Crippen LogP contribution in [0.2, 0.25) is 0 Å². The number of nitrogens with zero attached hydrogens (tertiary/aromatic N) is 3. The fourth-order valence-corrected chi connectivity index (χ4v) is 3.20. The highest BCUT2D eigenvalue weighted by atomic mass is 16.5. The Bertz CT molecular complexity index is 596. The lowest BCUT2D eigenvalue weighted by Crippen LogP contribution is -2.45. The van der Waals surface area contributed by atoms with E-state index in [1.165, 1.54) is 0 Å². The van der Waals surface area contributed by atoms with Crippen molar-refractivity contribution in [2.45, 2.75) is 19.9 Å². The molecule has 0 unspecified atom stereocenters. The van der Waals surface area contributed by atoms with Crippen molar-refractivity contribution in [1.82, 2.24) is 14.8 Å². The summed E-state index contributed by atoms with van der Waals surface area (Å²) in [4.78, 5) is 33.0. The zero-order chi connectivity index (χ0) is 15.9. The van der Waals surface area contributed by atoms with E-state index in [1.54, 1.807) is 29.0 Å². The third-order valence-electron chi connectivity index (χ3n) is 4.36. The molecule has 2 fully saturated rings. The van der Waals surface area contributed by atoms with Gasteiger partial charge >= 0.3 is 0 Å². The largest absolute Gasteiger partial charge is 0.378 e. The van der Waals surface area contributed by atoms with Gasteiger partial charge in [0, 0.05) is 37.1 Å². The van der Waals surface area contributed by atoms with Crippen LogP contribution in [0.1, 0.15) is 21.7 Å². The Morgan fingerprint density at radius 2 is 1.91 bits per heavy atom. The van der Waals surface area contributed by atoms with Crippen LogP contribution in [0.3, 0.4) is 0 Å². The van der Waals surface area contributed by atoms with Gasteiger partial charge in [0.2, 0.25) is 5.91 Å². The Labute approximate surface area is 130 Å². The van der Waals surface area contributed by atoms with E-state index in [4.69, 9.17) is 4.74 Å². The van der Waals surface area contributed by atoms with Gasteiger partial charge in [-0.2, -0.15) is 0 Å². The molecule has 2 atom stereocenters. The molecule has 0 spiro atoms. The second-order valence-electron chi connectivity index (χ2n) is 6.19. The Hall–Kier alpha value is -1.95. The molecule has 2 amide bonds. The molecular weight excluding hydrogens is 282 g/mol. The number of carbonyl (C=O) groups excluding carboxylic acids is 2. The number of hydrogen-bond acceptors (Lipinski definition) is 4. The number of fused-ring (bicyclic) bond motifs is 3. The molecule has 2 bridgehead atoms. The van der Waals surface area contributed by atoms with Crippen LogP contribution in [-0.4, -0.2) is 66.0 Å². The van der Waals surface area contributed by atoms with Crippen molar-refractivity contribution in [3.63, 3.8) is 0 Å². The number of hydrogen-bond donors (Lipinski definition) is 0. The highest BCUT2D eigenvalue weighted by Crippen LogP contribution is 2.21. The van der Waals surface area contributed by atoms with Crippen LogP contribution in [0.5, 0.6) is 0 Å². The van der Waals surface area contributed by atoms with Gasteiger partial charge in [0.25, 0.3) is 5.91 Å². The molecule has 1 aromatic rings. The van der Waals surface area contributed by atoms with Gasteiger partial charge in [-0.05, 0) is 26.0 Å². The van der Waals surface area contributed by atoms with Crippen LogP contribution in [0, 0.1) is 19.8 Å². The molecule has 22 heavy (non-hydrogen) atoms. The standard InChI is InChI=1S/C16H21N3O3/c1-10-4-12(5-11(2)17-10)16(21)19-6-13-8-22-9-14(7-19)18(3)15(13)20/h4-5,13-14H,6-9H2,1-3H3/t13-,14+/m1/s1. The van der Waals surface area contributed by atoms with Crippen LogP contribution in [0.25, 0.3) is 0 Å². The molecule has 0 N–H and O–H groups in total. The minimum Gasteiger partial charge on any atom is -0.378 e. The summed E-state index contributed by atoms with van der Waals surface area (Å²) < 4.78 is 5.56.